The zero-order chi connectivity index (χ0) is 11.7. The molecule has 3 nitrogen and oxygen atoms in total. The van der Waals surface area contributed by atoms with Crippen molar-refractivity contribution in [1.29, 1.82) is 0 Å². The average Bonchev–Trinajstić information content (AvgIpc) is 2.15. The summed E-state index contributed by atoms with van der Waals surface area (Å²) in [4.78, 5) is 2.34. The van der Waals surface area contributed by atoms with Crippen LogP contribution in [0.2, 0.25) is 0 Å². The van der Waals surface area contributed by atoms with Crippen molar-refractivity contribution in [3.05, 3.63) is 0 Å². The summed E-state index contributed by atoms with van der Waals surface area (Å²) >= 11 is 0. The van der Waals surface area contributed by atoms with Crippen LogP contribution in [0.5, 0.6) is 0 Å². The van der Waals surface area contributed by atoms with Crippen LogP contribution < -0.4 is 5.32 Å². The third kappa shape index (κ3) is 10.2. The monoisotopic (exact) mass is 216 g/mol. The van der Waals surface area contributed by atoms with Crippen LogP contribution in [0, 0.1) is 5.92 Å². The number of likely N-dealkylation sites (N-methyl/N-ethyl adjacent to an activating group) is 1. The Hall–Kier alpha value is -0.120. The molecule has 92 valence electrons. The smallest absolute Gasteiger partial charge is 0.0593 e. The lowest BCUT2D eigenvalue weighted by Crippen LogP contribution is -2.35. The molecule has 0 rings (SSSR count). The second-order valence-corrected chi connectivity index (χ2v) is 4.63. The highest BCUT2D eigenvalue weighted by molar-refractivity contribution is 4.63. The molecule has 0 aromatic carbocycles. The molecule has 0 aromatic heterocycles. The van der Waals surface area contributed by atoms with Crippen molar-refractivity contribution in [2.24, 2.45) is 5.92 Å². The predicted molar refractivity (Wildman–Crippen MR) is 66.3 cm³/mol. The molecule has 0 aliphatic heterocycles. The highest BCUT2D eigenvalue weighted by atomic mass is 16.5. The van der Waals surface area contributed by atoms with Crippen LogP contribution in [0.15, 0.2) is 0 Å². The van der Waals surface area contributed by atoms with Crippen LogP contribution in [0.3, 0.4) is 0 Å². The highest BCUT2D eigenvalue weighted by Gasteiger charge is 2.06. The summed E-state index contributed by atoms with van der Waals surface area (Å²) in [6.45, 7) is 13.6. The van der Waals surface area contributed by atoms with E-state index in [1.165, 1.54) is 0 Å². The summed E-state index contributed by atoms with van der Waals surface area (Å²) in [5.74, 6) is 0.694. The van der Waals surface area contributed by atoms with Crippen LogP contribution in [0.4, 0.5) is 0 Å². The first-order chi connectivity index (χ1) is 7.06. The molecule has 0 fully saturated rings. The van der Waals surface area contributed by atoms with Crippen molar-refractivity contribution in [3.63, 3.8) is 0 Å². The Balaban J connectivity index is 3.44. The largest absolute Gasteiger partial charge is 0.380 e. The average molecular weight is 216 g/mol. The van der Waals surface area contributed by atoms with Crippen molar-refractivity contribution >= 4 is 0 Å². The Morgan fingerprint density at radius 2 is 1.93 bits per heavy atom. The maximum atomic E-state index is 5.33. The molecule has 15 heavy (non-hydrogen) atoms. The van der Waals surface area contributed by atoms with E-state index in [1.807, 2.05) is 6.92 Å². The van der Waals surface area contributed by atoms with Crippen LogP contribution >= 0.6 is 0 Å². The van der Waals surface area contributed by atoms with E-state index < -0.39 is 0 Å². The standard InChI is InChI=1S/C12H28N2O/c1-6-15-8-7-14(5)10-12(4)9-13-11(2)3/h11-13H,6-10H2,1-5H3. The van der Waals surface area contributed by atoms with Gasteiger partial charge in [-0.15, -0.1) is 0 Å². The zero-order valence-electron chi connectivity index (χ0n) is 11.0. The lowest BCUT2D eigenvalue weighted by molar-refractivity contribution is 0.117. The number of nitrogens with zero attached hydrogens (tertiary/aromatic N) is 1. The van der Waals surface area contributed by atoms with E-state index in [0.29, 0.717) is 12.0 Å². The maximum absolute atomic E-state index is 5.33. The molecule has 0 aliphatic carbocycles. The van der Waals surface area contributed by atoms with Gasteiger partial charge in [-0.1, -0.05) is 20.8 Å². The van der Waals surface area contributed by atoms with Gasteiger partial charge in [-0.05, 0) is 26.4 Å². The van der Waals surface area contributed by atoms with E-state index in [-0.39, 0.29) is 0 Å². The molecule has 0 radical (unpaired) electrons. The van der Waals surface area contributed by atoms with Crippen molar-refractivity contribution < 1.29 is 4.74 Å². The lowest BCUT2D eigenvalue weighted by Gasteiger charge is -2.22. The quantitative estimate of drug-likeness (QED) is 0.592. The van der Waals surface area contributed by atoms with Gasteiger partial charge < -0.3 is 15.0 Å². The summed E-state index contributed by atoms with van der Waals surface area (Å²) in [7, 11) is 2.16. The topological polar surface area (TPSA) is 24.5 Å². The van der Waals surface area contributed by atoms with Crippen molar-refractivity contribution in [2.45, 2.75) is 33.7 Å². The van der Waals surface area contributed by atoms with E-state index in [4.69, 9.17) is 4.74 Å². The number of hydrogen-bond donors (Lipinski definition) is 1. The third-order valence-corrected chi connectivity index (χ3v) is 2.32. The molecule has 0 amide bonds. The number of rotatable bonds is 9. The highest BCUT2D eigenvalue weighted by Crippen LogP contribution is 1.97. The van der Waals surface area contributed by atoms with Gasteiger partial charge in [-0.2, -0.15) is 0 Å². The molecule has 3 heteroatoms. The van der Waals surface area contributed by atoms with Gasteiger partial charge in [0.25, 0.3) is 0 Å². The minimum absolute atomic E-state index is 0.584. The first kappa shape index (κ1) is 14.9. The lowest BCUT2D eigenvalue weighted by atomic mass is 10.1. The van der Waals surface area contributed by atoms with Crippen LogP contribution in [-0.2, 0) is 4.74 Å². The molecule has 0 bridgehead atoms. The summed E-state index contributed by atoms with van der Waals surface area (Å²) in [6.07, 6.45) is 0. The molecule has 0 heterocycles. The van der Waals surface area contributed by atoms with E-state index in [0.717, 1.165) is 32.8 Å². The Morgan fingerprint density at radius 3 is 2.47 bits per heavy atom. The van der Waals surface area contributed by atoms with Gasteiger partial charge in [0.1, 0.15) is 0 Å². The number of ether oxygens (including phenoxy) is 1. The van der Waals surface area contributed by atoms with Gasteiger partial charge in [-0.3, -0.25) is 0 Å². The fourth-order valence-electron chi connectivity index (χ4n) is 1.49. The zero-order valence-corrected chi connectivity index (χ0v) is 11.0. The molecule has 1 N–H and O–H groups in total. The Labute approximate surface area is 95.2 Å². The van der Waals surface area contributed by atoms with Gasteiger partial charge in [0.05, 0.1) is 6.61 Å². The fraction of sp³-hybridized carbons (Fsp3) is 1.00. The fourth-order valence-corrected chi connectivity index (χ4v) is 1.49. The Kier molecular flexibility index (Phi) is 9.06. The normalized spacial score (nSPS) is 13.8. The van der Waals surface area contributed by atoms with Gasteiger partial charge >= 0.3 is 0 Å². The summed E-state index contributed by atoms with van der Waals surface area (Å²) in [6, 6.07) is 0.584. The SMILES string of the molecule is CCOCCN(C)CC(C)CNC(C)C. The summed E-state index contributed by atoms with van der Waals surface area (Å²) in [5.41, 5.74) is 0. The molecular formula is C12H28N2O. The molecule has 0 aromatic rings. The van der Waals surface area contributed by atoms with Crippen molar-refractivity contribution in [2.75, 3.05) is 39.9 Å². The summed E-state index contributed by atoms with van der Waals surface area (Å²) < 4.78 is 5.33. The number of hydrogen-bond acceptors (Lipinski definition) is 3. The Bertz CT molecular complexity index is 140. The second-order valence-electron chi connectivity index (χ2n) is 4.63. The van der Waals surface area contributed by atoms with Gasteiger partial charge in [0.15, 0.2) is 0 Å². The van der Waals surface area contributed by atoms with Crippen LogP contribution in [-0.4, -0.2) is 50.8 Å². The van der Waals surface area contributed by atoms with Crippen molar-refractivity contribution in [1.82, 2.24) is 10.2 Å². The molecule has 0 saturated heterocycles. The van der Waals surface area contributed by atoms with Gasteiger partial charge in [0, 0.05) is 25.7 Å². The molecule has 0 saturated carbocycles. The molecule has 1 unspecified atom stereocenters. The molecular weight excluding hydrogens is 188 g/mol. The van der Waals surface area contributed by atoms with E-state index in [9.17, 15) is 0 Å². The van der Waals surface area contributed by atoms with Crippen molar-refractivity contribution in [3.8, 4) is 0 Å². The predicted octanol–water partition coefficient (Wildman–Crippen LogP) is 1.59. The minimum Gasteiger partial charge on any atom is -0.380 e. The molecule has 0 spiro atoms. The van der Waals surface area contributed by atoms with Gasteiger partial charge in [0.2, 0.25) is 0 Å². The third-order valence-electron chi connectivity index (χ3n) is 2.32. The van der Waals surface area contributed by atoms with Crippen LogP contribution in [0.25, 0.3) is 0 Å². The number of nitrogens with one attached hydrogen (secondary N) is 1. The maximum Gasteiger partial charge on any atom is 0.0593 e. The summed E-state index contributed by atoms with van der Waals surface area (Å²) in [5, 5.41) is 3.46. The first-order valence-electron chi connectivity index (χ1n) is 6.05. The van der Waals surface area contributed by atoms with E-state index >= 15 is 0 Å². The van der Waals surface area contributed by atoms with E-state index in [1.54, 1.807) is 0 Å². The minimum atomic E-state index is 0.584. The second kappa shape index (κ2) is 9.13. The van der Waals surface area contributed by atoms with Crippen LogP contribution in [0.1, 0.15) is 27.7 Å². The van der Waals surface area contributed by atoms with Gasteiger partial charge in [-0.25, -0.2) is 0 Å². The molecule has 0 aliphatic rings. The molecule has 1 atom stereocenters. The Morgan fingerprint density at radius 1 is 1.27 bits per heavy atom. The first-order valence-corrected chi connectivity index (χ1v) is 6.05. The van der Waals surface area contributed by atoms with E-state index in [2.05, 4.69) is 38.0 Å².